The Kier molecular flexibility index (Phi) is 15.6. The molecule has 2 saturated heterocycles. The van der Waals surface area contributed by atoms with Crippen LogP contribution in [0.25, 0.3) is 0 Å². The molecule has 0 unspecified atom stereocenters. The van der Waals surface area contributed by atoms with E-state index < -0.39 is 5.24 Å². The molecule has 340 valence electrons. The average Bonchev–Trinajstić information content (AvgIpc) is 4.08. The molecule has 2 aromatic heterocycles. The Bertz CT molecular complexity index is 2800. The van der Waals surface area contributed by atoms with Gasteiger partial charge in [-0.15, -0.1) is 20.4 Å². The number of piperidine rings is 2. The number of rotatable bonds is 10. The van der Waals surface area contributed by atoms with Crippen LogP contribution in [0.5, 0.6) is 0 Å². The molecule has 67 heavy (non-hydrogen) atoms. The van der Waals surface area contributed by atoms with Crippen LogP contribution in [0.15, 0.2) is 170 Å². The number of nitrogens with zero attached hydrogens (tertiary/aromatic N) is 9. The van der Waals surface area contributed by atoms with Crippen molar-refractivity contribution < 1.29 is 9.59 Å². The van der Waals surface area contributed by atoms with E-state index in [4.69, 9.17) is 45.0 Å². The first kappa shape index (κ1) is 46.9. The van der Waals surface area contributed by atoms with Crippen LogP contribution in [0.3, 0.4) is 0 Å². The molecule has 0 radical (unpaired) electrons. The van der Waals surface area contributed by atoms with Crippen molar-refractivity contribution in [2.24, 2.45) is 0 Å². The normalized spacial score (nSPS) is 15.0. The van der Waals surface area contributed by atoms with Gasteiger partial charge in [-0.2, -0.15) is 9.59 Å². The molecule has 2 aliphatic heterocycles. The minimum Gasteiger partial charge on any atom is -0.339 e. The Morgan fingerprint density at radius 2 is 0.896 bits per heavy atom. The molecule has 1 N–H and O–H groups in total. The third kappa shape index (κ3) is 11.7. The van der Waals surface area contributed by atoms with Gasteiger partial charge in [0.15, 0.2) is 11.6 Å². The molecule has 0 saturated carbocycles. The lowest BCUT2D eigenvalue weighted by Gasteiger charge is -2.40. The van der Waals surface area contributed by atoms with E-state index in [-0.39, 0.29) is 16.7 Å². The lowest BCUT2D eigenvalue weighted by Crippen LogP contribution is -2.46. The highest BCUT2D eigenvalue weighted by atomic mass is 35.5. The predicted octanol–water partition coefficient (Wildman–Crippen LogP) is 9.71. The average molecular weight is 952 g/mol. The van der Waals surface area contributed by atoms with Crippen LogP contribution >= 0.6 is 34.8 Å². The van der Waals surface area contributed by atoms with Gasteiger partial charge < -0.3 is 10.2 Å². The maximum absolute atomic E-state index is 13.0. The van der Waals surface area contributed by atoms with E-state index in [9.17, 15) is 9.59 Å². The second-order valence-electron chi connectivity index (χ2n) is 16.5. The van der Waals surface area contributed by atoms with Crippen molar-refractivity contribution in [3.63, 3.8) is 0 Å². The second-order valence-corrected chi connectivity index (χ2v) is 17.7. The van der Waals surface area contributed by atoms with Crippen LogP contribution in [0, 0.1) is 0 Å². The predicted molar refractivity (Wildman–Crippen MR) is 261 cm³/mol. The first-order valence-corrected chi connectivity index (χ1v) is 23.3. The van der Waals surface area contributed by atoms with Crippen LogP contribution in [0.1, 0.15) is 80.3 Å². The molecule has 1 amide bonds. The number of tetrazole rings is 2. The van der Waals surface area contributed by atoms with E-state index in [1.807, 2.05) is 114 Å². The lowest BCUT2D eigenvalue weighted by atomic mass is 9.72. The number of amides is 1. The van der Waals surface area contributed by atoms with Gasteiger partial charge in [0.2, 0.25) is 0 Å². The molecule has 12 nitrogen and oxygen atoms in total. The number of hydrogen-bond acceptors (Lipinski definition) is 9. The minimum atomic E-state index is -0.407. The van der Waals surface area contributed by atoms with Gasteiger partial charge in [-0.05, 0) is 119 Å². The number of carbonyl (C=O) groups is 2. The molecule has 0 spiro atoms. The van der Waals surface area contributed by atoms with Gasteiger partial charge >= 0.3 is 0 Å². The van der Waals surface area contributed by atoms with E-state index in [0.717, 1.165) is 71.9 Å². The first-order chi connectivity index (χ1) is 32.7. The summed E-state index contributed by atoms with van der Waals surface area (Å²) < 4.78 is 0. The molecule has 8 aromatic rings. The summed E-state index contributed by atoms with van der Waals surface area (Å²) in [5, 5.41) is 31.5. The zero-order valence-corrected chi connectivity index (χ0v) is 39.0. The molecule has 2 aliphatic rings. The molecule has 6 aromatic carbocycles. The fraction of sp³-hybridized carbons (Fsp3) is 0.231. The van der Waals surface area contributed by atoms with Crippen molar-refractivity contribution in [3.8, 4) is 0 Å². The summed E-state index contributed by atoms with van der Waals surface area (Å²) in [6, 6.07) is 54.5. The first-order valence-electron chi connectivity index (χ1n) is 22.2. The smallest absolute Gasteiger partial charge is 0.253 e. The van der Waals surface area contributed by atoms with Crippen molar-refractivity contribution in [2.75, 3.05) is 26.2 Å². The van der Waals surface area contributed by atoms with E-state index >= 15 is 0 Å². The topological polar surface area (TPSA) is 137 Å². The van der Waals surface area contributed by atoms with Gasteiger partial charge in [0.25, 0.3) is 11.1 Å². The third-order valence-electron chi connectivity index (χ3n) is 12.3. The van der Waals surface area contributed by atoms with Gasteiger partial charge in [-0.25, -0.2) is 0 Å². The van der Waals surface area contributed by atoms with E-state index in [1.54, 1.807) is 33.9 Å². The van der Waals surface area contributed by atoms with Crippen LogP contribution in [0.2, 0.25) is 10.0 Å². The van der Waals surface area contributed by atoms with Gasteiger partial charge in [-0.1, -0.05) is 157 Å². The molecular weight excluding hydrogens is 903 g/mol. The molecule has 15 heteroatoms. The summed E-state index contributed by atoms with van der Waals surface area (Å²) >= 11 is 17.1. The number of benzene rings is 6. The standard InChI is InChI=1S/C26H24ClN5O.C19H20ClN5.C7H5ClO/c27-23-13-11-20(12-14-23)19-32-29-25(28-30-32)26(22-9-5-2-6-10-22)15-17-31(18-16-26)24(33)21-7-3-1-4-8-21;20-17-8-6-15(7-9-17)14-25-23-18(22-24-25)19(10-12-21-13-11-19)16-4-2-1-3-5-16;8-7(9)6-4-2-1-3-5-6/h1-14H,15-19H2;1-9,21H,10-14H2;1-5H. The van der Waals surface area contributed by atoms with Crippen LogP contribution < -0.4 is 5.32 Å². The van der Waals surface area contributed by atoms with Crippen molar-refractivity contribution in [2.45, 2.75) is 49.6 Å². The summed E-state index contributed by atoms with van der Waals surface area (Å²) in [5.74, 6) is 1.58. The molecule has 4 heterocycles. The molecule has 10 rings (SSSR count). The number of halogens is 3. The van der Waals surface area contributed by atoms with Crippen LogP contribution in [-0.4, -0.2) is 82.6 Å². The third-order valence-corrected chi connectivity index (χ3v) is 13.0. The number of aromatic nitrogens is 8. The highest BCUT2D eigenvalue weighted by Crippen LogP contribution is 2.40. The van der Waals surface area contributed by atoms with Crippen molar-refractivity contribution in [1.82, 2.24) is 50.6 Å². The number of nitrogens with one attached hydrogen (secondary N) is 1. The Morgan fingerprint density at radius 1 is 0.507 bits per heavy atom. The minimum absolute atomic E-state index is 0.0663. The highest BCUT2D eigenvalue weighted by molar-refractivity contribution is 6.67. The summed E-state index contributed by atoms with van der Waals surface area (Å²) in [4.78, 5) is 28.6. The quantitative estimate of drug-likeness (QED) is 0.133. The second kappa shape index (κ2) is 22.3. The summed E-state index contributed by atoms with van der Waals surface area (Å²) in [7, 11) is 0. The lowest BCUT2D eigenvalue weighted by molar-refractivity contribution is 0.0681. The van der Waals surface area contributed by atoms with E-state index in [2.05, 4.69) is 62.3 Å². The Labute approximate surface area is 404 Å². The summed E-state index contributed by atoms with van der Waals surface area (Å²) in [6.07, 6.45) is 3.43. The van der Waals surface area contributed by atoms with Crippen molar-refractivity contribution in [1.29, 1.82) is 0 Å². The zero-order chi connectivity index (χ0) is 46.5. The van der Waals surface area contributed by atoms with Crippen LogP contribution in [-0.2, 0) is 23.9 Å². The maximum atomic E-state index is 13.0. The van der Waals surface area contributed by atoms with Crippen LogP contribution in [0.4, 0.5) is 0 Å². The Hall–Kier alpha value is -6.57. The molecule has 0 bridgehead atoms. The fourth-order valence-electron chi connectivity index (χ4n) is 8.58. The van der Waals surface area contributed by atoms with Gasteiger partial charge in [-0.3, -0.25) is 9.59 Å². The Morgan fingerprint density at radius 3 is 1.30 bits per heavy atom. The molecule has 0 aliphatic carbocycles. The zero-order valence-electron chi connectivity index (χ0n) is 36.7. The fourth-order valence-corrected chi connectivity index (χ4v) is 8.96. The number of hydrogen-bond donors (Lipinski definition) is 1. The summed E-state index contributed by atoms with van der Waals surface area (Å²) in [5.41, 5.74) is 5.30. The molecule has 0 atom stereocenters. The summed E-state index contributed by atoms with van der Waals surface area (Å²) in [6.45, 7) is 4.30. The van der Waals surface area contributed by atoms with Gasteiger partial charge in [0.1, 0.15) is 0 Å². The Balaban J connectivity index is 0.000000157. The molecular formula is C52H49Cl3N10O2. The van der Waals surface area contributed by atoms with E-state index in [1.165, 1.54) is 5.56 Å². The largest absolute Gasteiger partial charge is 0.339 e. The van der Waals surface area contributed by atoms with Crippen molar-refractivity contribution in [3.05, 3.63) is 225 Å². The highest BCUT2D eigenvalue weighted by Gasteiger charge is 2.43. The van der Waals surface area contributed by atoms with Gasteiger partial charge in [0, 0.05) is 34.3 Å². The monoisotopic (exact) mass is 950 g/mol. The number of likely N-dealkylation sites (tertiary alicyclic amines) is 1. The SMILES string of the molecule is Clc1ccc(Cn2nnc(C3(c4ccccc4)CCNCC3)n2)cc1.O=C(Cl)c1ccccc1.O=C(c1ccccc1)N1CCC(c2ccccc2)(c2nnn(Cc3ccc(Cl)cc3)n2)CC1. The van der Waals surface area contributed by atoms with E-state index in [0.29, 0.717) is 42.6 Å². The molecule has 2 fully saturated rings. The maximum Gasteiger partial charge on any atom is 0.253 e. The van der Waals surface area contributed by atoms with Gasteiger partial charge in [0.05, 0.1) is 23.9 Å². The number of carbonyl (C=O) groups excluding carboxylic acids is 2. The van der Waals surface area contributed by atoms with Crippen molar-refractivity contribution >= 4 is 46.0 Å².